The molecule has 0 bridgehead atoms. The number of anilines is 1. The first kappa shape index (κ1) is 16.1. The fourth-order valence-electron chi connectivity index (χ4n) is 2.66. The molecule has 0 unspecified atom stereocenters. The Labute approximate surface area is 141 Å². The molecule has 0 radical (unpaired) electrons. The van der Waals surface area contributed by atoms with E-state index in [4.69, 9.17) is 4.74 Å². The van der Waals surface area contributed by atoms with Crippen LogP contribution in [0.2, 0.25) is 0 Å². The molecule has 1 aromatic heterocycles. The van der Waals surface area contributed by atoms with E-state index >= 15 is 0 Å². The number of hydrogen-bond donors (Lipinski definition) is 2. The average Bonchev–Trinajstić information content (AvgIpc) is 3.03. The quantitative estimate of drug-likeness (QED) is 0.728. The van der Waals surface area contributed by atoms with Crippen LogP contribution >= 0.6 is 0 Å². The Balaban J connectivity index is 1.68. The maximum atomic E-state index is 12.2. The Morgan fingerprint density at radius 2 is 1.92 bits per heavy atom. The van der Waals surface area contributed by atoms with Crippen LogP contribution in [-0.4, -0.2) is 24.3 Å². The highest BCUT2D eigenvalue weighted by Gasteiger charge is 2.08. The Hall–Kier alpha value is -2.79. The van der Waals surface area contributed by atoms with Crippen LogP contribution in [0, 0.1) is 0 Å². The normalized spacial score (nSPS) is 10.7. The molecule has 3 rings (SSSR count). The van der Waals surface area contributed by atoms with Gasteiger partial charge in [0.2, 0.25) is 0 Å². The monoisotopic (exact) mass is 323 g/mol. The first-order valence-corrected chi connectivity index (χ1v) is 7.93. The third-order valence-electron chi connectivity index (χ3n) is 3.89. The number of amides is 2. The van der Waals surface area contributed by atoms with E-state index < -0.39 is 0 Å². The Bertz CT molecular complexity index is 812. The minimum Gasteiger partial charge on any atom is -0.383 e. The number of nitrogens with zero attached hydrogens (tertiary/aromatic N) is 1. The summed E-state index contributed by atoms with van der Waals surface area (Å²) in [5, 5.41) is 6.82. The lowest BCUT2D eigenvalue weighted by Crippen LogP contribution is -2.28. The Kier molecular flexibility index (Phi) is 5.13. The predicted octanol–water partition coefficient (Wildman–Crippen LogP) is 3.61. The van der Waals surface area contributed by atoms with Gasteiger partial charge in [-0.15, -0.1) is 0 Å². The summed E-state index contributed by atoms with van der Waals surface area (Å²) < 4.78 is 7.25. The van der Waals surface area contributed by atoms with Crippen LogP contribution in [0.25, 0.3) is 10.9 Å². The molecule has 5 heteroatoms. The first-order valence-electron chi connectivity index (χ1n) is 7.93. The van der Waals surface area contributed by atoms with Gasteiger partial charge >= 0.3 is 6.03 Å². The highest BCUT2D eigenvalue weighted by atomic mass is 16.5. The van der Waals surface area contributed by atoms with Crippen molar-refractivity contribution < 1.29 is 9.53 Å². The van der Waals surface area contributed by atoms with E-state index in [9.17, 15) is 4.79 Å². The summed E-state index contributed by atoms with van der Waals surface area (Å²) in [6, 6.07) is 17.5. The molecule has 5 nitrogen and oxygen atoms in total. The van der Waals surface area contributed by atoms with Gasteiger partial charge in [-0.3, -0.25) is 0 Å². The van der Waals surface area contributed by atoms with Crippen LogP contribution in [0.1, 0.15) is 5.56 Å². The van der Waals surface area contributed by atoms with E-state index in [0.717, 1.165) is 28.7 Å². The molecule has 0 spiro atoms. The molecular formula is C19H21N3O2. The molecule has 0 aliphatic rings. The van der Waals surface area contributed by atoms with Crippen LogP contribution in [0.5, 0.6) is 0 Å². The van der Waals surface area contributed by atoms with Gasteiger partial charge in [0.1, 0.15) is 0 Å². The van der Waals surface area contributed by atoms with Crippen molar-refractivity contribution in [1.29, 1.82) is 0 Å². The number of urea groups is 1. The number of benzene rings is 2. The molecule has 2 N–H and O–H groups in total. The molecule has 0 saturated heterocycles. The second-order valence-electron chi connectivity index (χ2n) is 5.53. The van der Waals surface area contributed by atoms with Gasteiger partial charge in [-0.2, -0.15) is 0 Å². The number of ether oxygens (including phenoxy) is 1. The number of rotatable bonds is 6. The van der Waals surface area contributed by atoms with Crippen molar-refractivity contribution in [3.63, 3.8) is 0 Å². The van der Waals surface area contributed by atoms with Gasteiger partial charge in [0.15, 0.2) is 0 Å². The van der Waals surface area contributed by atoms with Crippen molar-refractivity contribution in [2.75, 3.05) is 19.0 Å². The van der Waals surface area contributed by atoms with Gasteiger partial charge in [0.05, 0.1) is 17.8 Å². The number of fused-ring (bicyclic) bond motifs is 1. The Morgan fingerprint density at radius 3 is 2.71 bits per heavy atom. The number of methoxy groups -OCH3 is 1. The van der Waals surface area contributed by atoms with Crippen molar-refractivity contribution in [3.05, 3.63) is 66.4 Å². The zero-order valence-corrected chi connectivity index (χ0v) is 13.7. The van der Waals surface area contributed by atoms with E-state index in [2.05, 4.69) is 15.2 Å². The summed E-state index contributed by atoms with van der Waals surface area (Å²) in [4.78, 5) is 12.2. The molecule has 24 heavy (non-hydrogen) atoms. The summed E-state index contributed by atoms with van der Waals surface area (Å²) in [7, 11) is 1.69. The van der Waals surface area contributed by atoms with Crippen molar-refractivity contribution in [3.8, 4) is 0 Å². The third-order valence-corrected chi connectivity index (χ3v) is 3.89. The standard InChI is InChI=1S/C19H21N3O2/c1-24-13-12-22-11-10-16-17(8-5-9-18(16)22)21-19(23)20-14-15-6-3-2-4-7-15/h2-11H,12-14H2,1H3,(H2,20,21,23). The molecule has 2 aromatic carbocycles. The van der Waals surface area contributed by atoms with Gasteiger partial charge in [0.25, 0.3) is 0 Å². The number of carbonyl (C=O) groups is 1. The summed E-state index contributed by atoms with van der Waals surface area (Å²) >= 11 is 0. The molecule has 124 valence electrons. The van der Waals surface area contributed by atoms with E-state index in [1.54, 1.807) is 7.11 Å². The molecule has 0 aliphatic heterocycles. The van der Waals surface area contributed by atoms with Gasteiger partial charge in [-0.1, -0.05) is 36.4 Å². The van der Waals surface area contributed by atoms with Crippen LogP contribution in [0.3, 0.4) is 0 Å². The van der Waals surface area contributed by atoms with Gasteiger partial charge < -0.3 is 19.9 Å². The smallest absolute Gasteiger partial charge is 0.319 e. The largest absolute Gasteiger partial charge is 0.383 e. The molecule has 0 saturated carbocycles. The SMILES string of the molecule is COCCn1ccc2c(NC(=O)NCc3ccccc3)cccc21. The zero-order valence-electron chi connectivity index (χ0n) is 13.7. The van der Waals surface area contributed by atoms with Gasteiger partial charge in [-0.25, -0.2) is 4.79 Å². The van der Waals surface area contributed by atoms with Crippen LogP contribution in [0.4, 0.5) is 10.5 Å². The van der Waals surface area contributed by atoms with E-state index in [0.29, 0.717) is 13.2 Å². The number of nitrogens with one attached hydrogen (secondary N) is 2. The molecule has 3 aromatic rings. The lowest BCUT2D eigenvalue weighted by atomic mass is 10.2. The van der Waals surface area contributed by atoms with Gasteiger partial charge in [-0.05, 0) is 23.8 Å². The Morgan fingerprint density at radius 1 is 1.08 bits per heavy atom. The van der Waals surface area contributed by atoms with Crippen molar-refractivity contribution in [2.45, 2.75) is 13.1 Å². The minimum atomic E-state index is -0.212. The van der Waals surface area contributed by atoms with Crippen molar-refractivity contribution in [2.24, 2.45) is 0 Å². The summed E-state index contributed by atoms with van der Waals surface area (Å²) in [5.41, 5.74) is 2.94. The number of hydrogen-bond acceptors (Lipinski definition) is 2. The number of aromatic nitrogens is 1. The van der Waals surface area contributed by atoms with Crippen molar-refractivity contribution >= 4 is 22.6 Å². The predicted molar refractivity (Wildman–Crippen MR) is 96.1 cm³/mol. The summed E-state index contributed by atoms with van der Waals surface area (Å²) in [5.74, 6) is 0. The molecular weight excluding hydrogens is 302 g/mol. The second kappa shape index (κ2) is 7.66. The highest BCUT2D eigenvalue weighted by molar-refractivity contribution is 6.00. The summed E-state index contributed by atoms with van der Waals surface area (Å²) in [6.07, 6.45) is 2.01. The van der Waals surface area contributed by atoms with E-state index in [1.807, 2.05) is 60.8 Å². The maximum absolute atomic E-state index is 12.2. The van der Waals surface area contributed by atoms with Crippen LogP contribution < -0.4 is 10.6 Å². The molecule has 0 aliphatic carbocycles. The number of carbonyl (C=O) groups excluding carboxylic acids is 1. The lowest BCUT2D eigenvalue weighted by molar-refractivity contribution is 0.188. The topological polar surface area (TPSA) is 55.3 Å². The molecule has 0 fully saturated rings. The first-order chi connectivity index (χ1) is 11.8. The second-order valence-corrected chi connectivity index (χ2v) is 5.53. The average molecular weight is 323 g/mol. The van der Waals surface area contributed by atoms with E-state index in [-0.39, 0.29) is 6.03 Å². The molecule has 2 amide bonds. The van der Waals surface area contributed by atoms with Crippen LogP contribution in [-0.2, 0) is 17.8 Å². The maximum Gasteiger partial charge on any atom is 0.319 e. The van der Waals surface area contributed by atoms with Gasteiger partial charge in [0, 0.05) is 31.8 Å². The minimum absolute atomic E-state index is 0.212. The highest BCUT2D eigenvalue weighted by Crippen LogP contribution is 2.24. The zero-order chi connectivity index (χ0) is 16.8. The van der Waals surface area contributed by atoms with Crippen molar-refractivity contribution in [1.82, 2.24) is 9.88 Å². The van der Waals surface area contributed by atoms with Crippen LogP contribution in [0.15, 0.2) is 60.8 Å². The fourth-order valence-corrected chi connectivity index (χ4v) is 2.66. The fraction of sp³-hybridized carbons (Fsp3) is 0.211. The molecule has 0 atom stereocenters. The third kappa shape index (κ3) is 3.75. The summed E-state index contributed by atoms with van der Waals surface area (Å²) in [6.45, 7) is 1.93. The molecule has 1 heterocycles. The van der Waals surface area contributed by atoms with E-state index in [1.165, 1.54) is 0 Å². The lowest BCUT2D eigenvalue weighted by Gasteiger charge is -2.10.